The maximum atomic E-state index is 5.06. The number of pyridine rings is 3. The Hall–Kier alpha value is -6.45. The molecule has 0 bridgehead atoms. The van der Waals surface area contributed by atoms with Gasteiger partial charge in [-0.05, 0) is 125 Å². The quantitative estimate of drug-likeness (QED) is 0.111. The molecule has 2 unspecified atom stereocenters. The fraction of sp³-hybridized carbons (Fsp3) is 0.211. The molecule has 3 nitrogen and oxygen atoms in total. The van der Waals surface area contributed by atoms with Crippen molar-refractivity contribution in [3.63, 3.8) is 0 Å². The predicted molar refractivity (Wildman–Crippen MR) is 250 cm³/mol. The fourth-order valence-corrected chi connectivity index (χ4v) is 9.45. The van der Waals surface area contributed by atoms with Gasteiger partial charge in [0.1, 0.15) is 7.05 Å². The van der Waals surface area contributed by atoms with Crippen molar-refractivity contribution in [2.24, 2.45) is 7.05 Å². The molecule has 60 heavy (non-hydrogen) atoms. The minimum absolute atomic E-state index is 0.0134. The zero-order chi connectivity index (χ0) is 41.7. The lowest BCUT2D eigenvalue weighted by atomic mass is 9.79. The number of benzene rings is 5. The number of allylic oxidation sites excluding steroid dienone is 1. The van der Waals surface area contributed by atoms with Gasteiger partial charge in [0.2, 0.25) is 11.4 Å². The average molecular weight is 782 g/mol. The lowest BCUT2D eigenvalue weighted by Crippen LogP contribution is -2.46. The first kappa shape index (κ1) is 39.0. The van der Waals surface area contributed by atoms with Crippen LogP contribution in [0.3, 0.4) is 0 Å². The van der Waals surface area contributed by atoms with Gasteiger partial charge in [0.05, 0.1) is 11.4 Å². The summed E-state index contributed by atoms with van der Waals surface area (Å²) in [7, 11) is 2.18. The third-order valence-electron chi connectivity index (χ3n) is 12.7. The molecular weight excluding hydrogens is 727 g/mol. The number of hydrogen-bond acceptors (Lipinski definition) is 1. The van der Waals surface area contributed by atoms with Gasteiger partial charge >= 0.3 is 0 Å². The molecule has 0 N–H and O–H groups in total. The molecular formula is C57H55N3+2. The predicted octanol–water partition coefficient (Wildman–Crippen LogP) is 13.4. The van der Waals surface area contributed by atoms with E-state index in [9.17, 15) is 0 Å². The minimum atomic E-state index is 0.0134. The van der Waals surface area contributed by atoms with Crippen molar-refractivity contribution >= 4 is 10.9 Å². The van der Waals surface area contributed by atoms with E-state index in [0.717, 1.165) is 29.3 Å². The average Bonchev–Trinajstić information content (AvgIpc) is 3.25. The van der Waals surface area contributed by atoms with E-state index in [1.807, 2.05) is 6.20 Å². The van der Waals surface area contributed by atoms with Crippen LogP contribution in [0, 0.1) is 20.8 Å². The lowest BCUT2D eigenvalue weighted by molar-refractivity contribution is -0.707. The SMILES string of the molecule is C=CC1C(CCc2ccc(-c3ccc(-c4cc(C)cc(-c5ccc(C)cc5)c4)c4ncccc34)cc2-c2cc(C(C)(C)C)cc[n+]2C)c2ccccc2-c2cc(C)cc[n+]21. The van der Waals surface area contributed by atoms with Gasteiger partial charge in [0.15, 0.2) is 18.4 Å². The smallest absolute Gasteiger partial charge is 0.213 e. The minimum Gasteiger partial charge on any atom is -0.256 e. The second-order valence-corrected chi connectivity index (χ2v) is 18.0. The topological polar surface area (TPSA) is 20.6 Å². The summed E-state index contributed by atoms with van der Waals surface area (Å²) in [6, 6.07) is 50.1. The molecule has 296 valence electrons. The van der Waals surface area contributed by atoms with E-state index in [2.05, 4.69) is 216 Å². The lowest BCUT2D eigenvalue weighted by Gasteiger charge is -2.29. The van der Waals surface area contributed by atoms with E-state index in [1.54, 1.807) is 0 Å². The van der Waals surface area contributed by atoms with Gasteiger partial charge < -0.3 is 0 Å². The molecule has 3 aromatic heterocycles. The molecule has 3 heteroatoms. The molecule has 1 aliphatic rings. The van der Waals surface area contributed by atoms with Crippen LogP contribution in [0.15, 0.2) is 165 Å². The highest BCUT2D eigenvalue weighted by Gasteiger charge is 2.38. The van der Waals surface area contributed by atoms with E-state index < -0.39 is 0 Å². The monoisotopic (exact) mass is 781 g/mol. The van der Waals surface area contributed by atoms with Crippen molar-refractivity contribution < 1.29 is 9.13 Å². The Kier molecular flexibility index (Phi) is 10.2. The zero-order valence-electron chi connectivity index (χ0n) is 36.1. The first-order valence-corrected chi connectivity index (χ1v) is 21.4. The number of hydrogen-bond donors (Lipinski definition) is 0. The molecule has 2 atom stereocenters. The highest BCUT2D eigenvalue weighted by Crippen LogP contribution is 2.43. The standard InChI is InChI=1S/C57H55N3/c1-9-53-50(48-13-10-11-14-49(48)55-33-38(3)26-30-60(53)55)23-22-41-20-21-42(35-52(41)54-36-45(57(5,6)7)27-29-59(54)8)46-24-25-47(56-51(46)15-12-28-58-56)44-32-39(4)31-43(34-44)40-18-16-37(2)17-19-40/h9-21,24-36,50,53H,1,22-23H2,2-8H3/q+2. The molecule has 0 radical (unpaired) electrons. The molecule has 5 aromatic carbocycles. The van der Waals surface area contributed by atoms with E-state index in [0.29, 0.717) is 0 Å². The summed E-state index contributed by atoms with van der Waals surface area (Å²) in [6.45, 7) is 17.8. The Morgan fingerprint density at radius 2 is 1.38 bits per heavy atom. The van der Waals surface area contributed by atoms with Crippen molar-refractivity contribution in [2.75, 3.05) is 0 Å². The van der Waals surface area contributed by atoms with Crippen LogP contribution >= 0.6 is 0 Å². The molecule has 0 spiro atoms. The van der Waals surface area contributed by atoms with Crippen molar-refractivity contribution in [1.29, 1.82) is 0 Å². The van der Waals surface area contributed by atoms with Crippen LogP contribution in [0.4, 0.5) is 0 Å². The van der Waals surface area contributed by atoms with E-state index in [-0.39, 0.29) is 17.4 Å². The molecule has 0 saturated carbocycles. The van der Waals surface area contributed by atoms with Crippen LogP contribution < -0.4 is 9.13 Å². The number of nitrogens with zero attached hydrogens (tertiary/aromatic N) is 3. The van der Waals surface area contributed by atoms with Crippen molar-refractivity contribution in [3.8, 4) is 55.9 Å². The molecule has 9 rings (SSSR count). The van der Waals surface area contributed by atoms with Crippen LogP contribution in [0.1, 0.15) is 72.5 Å². The molecule has 8 aromatic rings. The molecule has 1 aliphatic heterocycles. The first-order valence-electron chi connectivity index (χ1n) is 21.4. The van der Waals surface area contributed by atoms with Crippen molar-refractivity contribution in [2.45, 2.75) is 71.8 Å². The molecule has 0 amide bonds. The Labute approximate surface area is 356 Å². The van der Waals surface area contributed by atoms with Gasteiger partial charge in [0.25, 0.3) is 0 Å². The Bertz CT molecular complexity index is 2930. The van der Waals surface area contributed by atoms with E-state index >= 15 is 0 Å². The first-order chi connectivity index (χ1) is 29.0. The third-order valence-corrected chi connectivity index (χ3v) is 12.7. The van der Waals surface area contributed by atoms with Crippen LogP contribution in [0.5, 0.6) is 0 Å². The van der Waals surface area contributed by atoms with Crippen molar-refractivity contribution in [3.05, 3.63) is 198 Å². The number of aromatic nitrogens is 3. The highest BCUT2D eigenvalue weighted by molar-refractivity contribution is 6.03. The highest BCUT2D eigenvalue weighted by atomic mass is 15.0. The van der Waals surface area contributed by atoms with Gasteiger partial charge in [-0.1, -0.05) is 118 Å². The van der Waals surface area contributed by atoms with Crippen LogP contribution in [-0.2, 0) is 18.9 Å². The van der Waals surface area contributed by atoms with E-state index in [1.165, 1.54) is 83.7 Å². The maximum Gasteiger partial charge on any atom is 0.213 e. The van der Waals surface area contributed by atoms with Gasteiger partial charge in [0, 0.05) is 52.5 Å². The summed E-state index contributed by atoms with van der Waals surface area (Å²) in [6.07, 6.45) is 10.5. The van der Waals surface area contributed by atoms with Crippen molar-refractivity contribution in [1.82, 2.24) is 4.98 Å². The number of aryl methyl sites for hydroxylation is 5. The second kappa shape index (κ2) is 15.6. The Morgan fingerprint density at radius 1 is 0.617 bits per heavy atom. The van der Waals surface area contributed by atoms with Crippen LogP contribution in [0.2, 0.25) is 0 Å². The maximum absolute atomic E-state index is 5.06. The zero-order valence-corrected chi connectivity index (χ0v) is 36.1. The van der Waals surface area contributed by atoms with Gasteiger partial charge in [-0.3, -0.25) is 4.98 Å². The third kappa shape index (κ3) is 7.28. The second-order valence-electron chi connectivity index (χ2n) is 18.0. The summed E-state index contributed by atoms with van der Waals surface area (Å²) in [5.74, 6) is 0.289. The van der Waals surface area contributed by atoms with E-state index in [4.69, 9.17) is 4.98 Å². The largest absolute Gasteiger partial charge is 0.256 e. The van der Waals surface area contributed by atoms with Crippen LogP contribution in [0.25, 0.3) is 66.8 Å². The summed E-state index contributed by atoms with van der Waals surface area (Å²) in [5.41, 5.74) is 21.1. The normalized spacial score (nSPS) is 14.8. The Balaban J connectivity index is 1.15. The number of rotatable bonds is 8. The summed E-state index contributed by atoms with van der Waals surface area (Å²) in [5, 5.41) is 1.15. The molecule has 0 aliphatic carbocycles. The van der Waals surface area contributed by atoms with Gasteiger partial charge in [-0.25, -0.2) is 4.57 Å². The molecule has 0 fully saturated rings. The fourth-order valence-electron chi connectivity index (χ4n) is 9.45. The number of fused-ring (bicyclic) bond motifs is 4. The van der Waals surface area contributed by atoms with Gasteiger partial charge in [-0.2, -0.15) is 4.57 Å². The molecule has 0 saturated heterocycles. The molecule has 4 heterocycles. The van der Waals surface area contributed by atoms with Gasteiger partial charge in [-0.15, -0.1) is 0 Å². The van der Waals surface area contributed by atoms with Crippen LogP contribution in [-0.4, -0.2) is 4.98 Å². The summed E-state index contributed by atoms with van der Waals surface area (Å²) in [4.78, 5) is 5.06. The summed E-state index contributed by atoms with van der Waals surface area (Å²) < 4.78 is 4.73. The summed E-state index contributed by atoms with van der Waals surface area (Å²) >= 11 is 0. The Morgan fingerprint density at radius 3 is 2.18 bits per heavy atom.